The number of rotatable bonds is 9. The van der Waals surface area contributed by atoms with Crippen LogP contribution < -0.4 is 16.4 Å². The lowest BCUT2D eigenvalue weighted by atomic mass is 9.96. The summed E-state index contributed by atoms with van der Waals surface area (Å²) < 4.78 is 0. The number of amides is 1. The van der Waals surface area contributed by atoms with Crippen molar-refractivity contribution in [1.29, 1.82) is 0 Å². The summed E-state index contributed by atoms with van der Waals surface area (Å²) in [5.74, 6) is 0.659. The number of benzene rings is 1. The van der Waals surface area contributed by atoms with Crippen LogP contribution in [-0.2, 0) is 24.4 Å². The minimum Gasteiger partial charge on any atom is -0.369 e. The lowest BCUT2D eigenvalue weighted by molar-refractivity contribution is -0.123. The molecule has 1 amide bonds. The molecular weight excluding hydrogens is 498 g/mol. The van der Waals surface area contributed by atoms with Gasteiger partial charge in [-0.2, -0.15) is 0 Å². The molecule has 1 aromatic heterocycles. The fourth-order valence-corrected chi connectivity index (χ4v) is 4.56. The van der Waals surface area contributed by atoms with Crippen molar-refractivity contribution in [3.05, 3.63) is 69.9 Å². The largest absolute Gasteiger partial charge is 0.369 e. The Labute approximate surface area is 212 Å². The molecule has 6 nitrogen and oxygen atoms in total. The molecule has 1 saturated heterocycles. The molecule has 1 fully saturated rings. The van der Waals surface area contributed by atoms with Crippen LogP contribution >= 0.6 is 28.3 Å². The molecule has 1 unspecified atom stereocenters. The molecule has 0 spiro atoms. The smallest absolute Gasteiger partial charge is 0.220 e. The van der Waals surface area contributed by atoms with E-state index in [4.69, 9.17) is 10.7 Å². The van der Waals surface area contributed by atoms with Gasteiger partial charge in [0.2, 0.25) is 5.91 Å². The molecule has 1 aliphatic rings. The minimum absolute atomic E-state index is 0. The van der Waals surface area contributed by atoms with Gasteiger partial charge in [-0.15, -0.1) is 34.9 Å². The first-order chi connectivity index (χ1) is 15.4. The van der Waals surface area contributed by atoms with E-state index in [-0.39, 0.29) is 34.8 Å². The highest BCUT2D eigenvalue weighted by Gasteiger charge is 2.22. The highest BCUT2D eigenvalue weighted by Crippen LogP contribution is 2.19. The van der Waals surface area contributed by atoms with Crippen molar-refractivity contribution >= 4 is 40.2 Å². The Hall–Kier alpha value is -2.16. The van der Waals surface area contributed by atoms with Crippen molar-refractivity contribution in [1.82, 2.24) is 15.5 Å². The van der Waals surface area contributed by atoms with Gasteiger partial charge in [0, 0.05) is 28.3 Å². The normalized spacial score (nSPS) is 16.0. The Kier molecular flexibility index (Phi) is 11.1. The zero-order valence-corrected chi connectivity index (χ0v) is 22.1. The number of nitrogens with one attached hydrogen (secondary N) is 2. The van der Waals surface area contributed by atoms with Crippen LogP contribution in [0, 0.1) is 12.8 Å². The van der Waals surface area contributed by atoms with E-state index in [1.54, 1.807) is 11.3 Å². The molecule has 33 heavy (non-hydrogen) atoms. The number of carbonyl (C=O) groups excluding carboxylic acids is 1. The third-order valence-electron chi connectivity index (χ3n) is 5.78. The maximum atomic E-state index is 11.3. The first-order valence-electron chi connectivity index (χ1n) is 11.2. The van der Waals surface area contributed by atoms with Crippen LogP contribution in [0.25, 0.3) is 0 Å². The Morgan fingerprint density at radius 1 is 1.24 bits per heavy atom. The third kappa shape index (κ3) is 8.95. The highest BCUT2D eigenvalue weighted by atomic mass is 79.9. The molecule has 2 heterocycles. The minimum atomic E-state index is -0.161. The number of nitrogens with two attached hydrogens (primary N) is 1. The number of primary amides is 1. The maximum Gasteiger partial charge on any atom is 0.220 e. The first kappa shape index (κ1) is 27.1. The van der Waals surface area contributed by atoms with E-state index in [2.05, 4.69) is 72.4 Å². The second kappa shape index (κ2) is 13.5. The van der Waals surface area contributed by atoms with Crippen LogP contribution in [0.4, 0.5) is 0 Å². The summed E-state index contributed by atoms with van der Waals surface area (Å²) >= 11 is 1.79. The summed E-state index contributed by atoms with van der Waals surface area (Å²) in [5, 5.41) is 6.80. The molecule has 1 aromatic carbocycles. The second-order valence-electron chi connectivity index (χ2n) is 8.47. The summed E-state index contributed by atoms with van der Waals surface area (Å²) in [6.45, 7) is 12.1. The highest BCUT2D eigenvalue weighted by molar-refractivity contribution is 8.93. The molecule has 0 radical (unpaired) electrons. The van der Waals surface area contributed by atoms with Gasteiger partial charge in [-0.05, 0) is 63.0 Å². The van der Waals surface area contributed by atoms with Gasteiger partial charge in [-0.25, -0.2) is 4.99 Å². The fraction of sp³-hybridized carbons (Fsp3) is 0.440. The number of piperidine rings is 1. The molecule has 3 rings (SSSR count). The number of thiophene rings is 1. The van der Waals surface area contributed by atoms with Gasteiger partial charge in [0.1, 0.15) is 0 Å². The van der Waals surface area contributed by atoms with Crippen molar-refractivity contribution in [3.63, 3.8) is 0 Å². The number of guanidine groups is 1. The van der Waals surface area contributed by atoms with Gasteiger partial charge >= 0.3 is 0 Å². The van der Waals surface area contributed by atoms with Crippen LogP contribution in [0.1, 0.15) is 40.6 Å². The van der Waals surface area contributed by atoms with Crippen LogP contribution in [0.5, 0.6) is 0 Å². The number of aryl methyl sites for hydroxylation is 1. The molecule has 0 aliphatic carbocycles. The van der Waals surface area contributed by atoms with E-state index in [1.165, 1.54) is 20.9 Å². The van der Waals surface area contributed by atoms with E-state index in [0.29, 0.717) is 6.54 Å². The Balaban J connectivity index is 0.00000385. The van der Waals surface area contributed by atoms with Gasteiger partial charge < -0.3 is 16.4 Å². The van der Waals surface area contributed by atoms with Crippen molar-refractivity contribution in [3.8, 4) is 0 Å². The Morgan fingerprint density at radius 3 is 2.48 bits per heavy atom. The fourth-order valence-electron chi connectivity index (χ4n) is 3.73. The maximum absolute atomic E-state index is 11.3. The van der Waals surface area contributed by atoms with Crippen LogP contribution in [0.3, 0.4) is 0 Å². The summed E-state index contributed by atoms with van der Waals surface area (Å²) in [6, 6.07) is 13.1. The predicted molar refractivity (Wildman–Crippen MR) is 144 cm³/mol. The molecule has 1 aliphatic heterocycles. The number of hydrogen-bond donors (Lipinski definition) is 3. The van der Waals surface area contributed by atoms with Crippen molar-refractivity contribution in [2.45, 2.75) is 52.4 Å². The number of carbonyl (C=O) groups is 1. The topological polar surface area (TPSA) is 82.8 Å². The van der Waals surface area contributed by atoms with Crippen molar-refractivity contribution in [2.75, 3.05) is 13.1 Å². The number of likely N-dealkylation sites (tertiary alicyclic amines) is 1. The lowest BCUT2D eigenvalue weighted by Crippen LogP contribution is -2.41. The molecule has 0 saturated carbocycles. The monoisotopic (exact) mass is 533 g/mol. The zero-order chi connectivity index (χ0) is 22.9. The average molecular weight is 535 g/mol. The number of aliphatic imine (C=N–C) groups is 1. The molecule has 180 valence electrons. The molecule has 4 N–H and O–H groups in total. The zero-order valence-electron chi connectivity index (χ0n) is 19.5. The van der Waals surface area contributed by atoms with Crippen LogP contribution in [0.2, 0.25) is 0 Å². The summed E-state index contributed by atoms with van der Waals surface area (Å²) in [4.78, 5) is 21.1. The summed E-state index contributed by atoms with van der Waals surface area (Å²) in [6.07, 6.45) is 3.59. The van der Waals surface area contributed by atoms with E-state index >= 15 is 0 Å². The van der Waals surface area contributed by atoms with E-state index in [0.717, 1.165) is 45.0 Å². The quantitative estimate of drug-likeness (QED) is 0.257. The van der Waals surface area contributed by atoms with Crippen LogP contribution in [0.15, 0.2) is 54.0 Å². The predicted octanol–water partition coefficient (Wildman–Crippen LogP) is 4.14. The van der Waals surface area contributed by atoms with Gasteiger partial charge in [0.15, 0.2) is 5.96 Å². The SMILES string of the molecule is Br.C=CC(C)NC(=NCc1ccc(CN2CCC(C(N)=O)CC2)cc1)NCc1ccc(C)s1. The molecular formula is C25H36BrN5OS. The second-order valence-corrected chi connectivity index (χ2v) is 9.84. The standard InChI is InChI=1S/C25H35N5OS.BrH/c1-4-18(2)29-25(28-16-23-10-5-19(3)32-23)27-15-20-6-8-21(9-7-20)17-30-13-11-22(12-14-30)24(26)31;/h4-10,18,22H,1,11-17H2,2-3H3,(H2,26,31)(H2,27,28,29);1H. The molecule has 8 heteroatoms. The van der Waals surface area contributed by atoms with Gasteiger partial charge in [0.05, 0.1) is 13.1 Å². The van der Waals surface area contributed by atoms with Crippen LogP contribution in [-0.4, -0.2) is 35.9 Å². The van der Waals surface area contributed by atoms with Crippen molar-refractivity contribution in [2.24, 2.45) is 16.6 Å². The first-order valence-corrected chi connectivity index (χ1v) is 12.1. The number of hydrogen-bond acceptors (Lipinski definition) is 4. The number of nitrogens with zero attached hydrogens (tertiary/aromatic N) is 2. The Bertz CT molecular complexity index is 919. The van der Waals surface area contributed by atoms with Gasteiger partial charge in [-0.3, -0.25) is 9.69 Å². The third-order valence-corrected chi connectivity index (χ3v) is 6.78. The Morgan fingerprint density at radius 2 is 1.91 bits per heavy atom. The van der Waals surface area contributed by atoms with Gasteiger partial charge in [0.25, 0.3) is 0 Å². The van der Waals surface area contributed by atoms with E-state index in [1.807, 2.05) is 6.08 Å². The molecule has 1 atom stereocenters. The lowest BCUT2D eigenvalue weighted by Gasteiger charge is -2.30. The number of halogens is 1. The summed E-state index contributed by atoms with van der Waals surface area (Å²) in [7, 11) is 0. The van der Waals surface area contributed by atoms with Gasteiger partial charge in [-0.1, -0.05) is 30.3 Å². The molecule has 0 bridgehead atoms. The molecule has 2 aromatic rings. The van der Waals surface area contributed by atoms with E-state index in [9.17, 15) is 4.79 Å². The average Bonchev–Trinajstić information content (AvgIpc) is 3.22. The van der Waals surface area contributed by atoms with E-state index < -0.39 is 0 Å². The van der Waals surface area contributed by atoms with Crippen molar-refractivity contribution < 1.29 is 4.79 Å². The summed E-state index contributed by atoms with van der Waals surface area (Å²) in [5.41, 5.74) is 7.88.